The monoisotopic (exact) mass is 245 g/mol. The molecule has 3 amide bonds. The molecule has 0 spiro atoms. The van der Waals surface area contributed by atoms with Crippen LogP contribution < -0.4 is 11.5 Å². The molecule has 0 bridgehead atoms. The second-order valence-electron chi connectivity index (χ2n) is 3.43. The highest BCUT2D eigenvalue weighted by Gasteiger charge is 2.17. The number of carbonyl (C=O) groups excluding carboxylic acids is 3. The summed E-state index contributed by atoms with van der Waals surface area (Å²) in [4.78, 5) is 44.0. The zero-order valence-corrected chi connectivity index (χ0v) is 9.22. The molecule has 0 fully saturated rings. The molecule has 0 atom stereocenters. The molecule has 96 valence electrons. The lowest BCUT2D eigenvalue weighted by Gasteiger charge is -2.19. The van der Waals surface area contributed by atoms with E-state index in [1.54, 1.807) is 0 Å². The van der Waals surface area contributed by atoms with Crippen molar-refractivity contribution >= 4 is 23.7 Å². The Hall–Kier alpha value is -2.12. The number of hydrogen-bond donors (Lipinski definition) is 3. The SMILES string of the molecule is NC(=O)CN(CC(N)=O)C(=O)CCCC(=O)O. The largest absolute Gasteiger partial charge is 0.481 e. The smallest absolute Gasteiger partial charge is 0.303 e. The molecule has 0 aromatic rings. The Bertz CT molecular complexity index is 313. The molecular formula is C9H15N3O5. The average molecular weight is 245 g/mol. The molecule has 17 heavy (non-hydrogen) atoms. The van der Waals surface area contributed by atoms with Gasteiger partial charge in [0.05, 0.1) is 13.1 Å². The molecule has 8 heteroatoms. The number of carbonyl (C=O) groups is 4. The molecule has 0 aromatic heterocycles. The summed E-state index contributed by atoms with van der Waals surface area (Å²) in [5, 5.41) is 8.38. The van der Waals surface area contributed by atoms with Crippen LogP contribution in [0.1, 0.15) is 19.3 Å². The topological polar surface area (TPSA) is 144 Å². The van der Waals surface area contributed by atoms with Crippen LogP contribution >= 0.6 is 0 Å². The van der Waals surface area contributed by atoms with E-state index in [-0.39, 0.29) is 19.3 Å². The number of carboxylic acid groups (broad SMARTS) is 1. The van der Waals surface area contributed by atoms with Gasteiger partial charge in [0.1, 0.15) is 0 Å². The highest BCUT2D eigenvalue weighted by Crippen LogP contribution is 2.01. The molecule has 5 N–H and O–H groups in total. The van der Waals surface area contributed by atoms with Gasteiger partial charge in [-0.25, -0.2) is 0 Å². The van der Waals surface area contributed by atoms with Gasteiger partial charge in [-0.05, 0) is 6.42 Å². The van der Waals surface area contributed by atoms with Crippen LogP contribution in [0.15, 0.2) is 0 Å². The van der Waals surface area contributed by atoms with Crippen LogP contribution in [0.3, 0.4) is 0 Å². The summed E-state index contributed by atoms with van der Waals surface area (Å²) in [7, 11) is 0. The molecule has 0 radical (unpaired) electrons. The van der Waals surface area contributed by atoms with E-state index in [1.807, 2.05) is 0 Å². The highest BCUT2D eigenvalue weighted by atomic mass is 16.4. The van der Waals surface area contributed by atoms with Gasteiger partial charge in [0.25, 0.3) is 0 Å². The van der Waals surface area contributed by atoms with Crippen LogP contribution in [0.4, 0.5) is 0 Å². The molecule has 0 saturated carbocycles. The van der Waals surface area contributed by atoms with E-state index in [9.17, 15) is 19.2 Å². The van der Waals surface area contributed by atoms with Crippen molar-refractivity contribution in [2.24, 2.45) is 11.5 Å². The van der Waals surface area contributed by atoms with Crippen molar-refractivity contribution in [2.75, 3.05) is 13.1 Å². The molecule has 0 heterocycles. The summed E-state index contributed by atoms with van der Waals surface area (Å²) in [5.74, 6) is -3.08. The number of nitrogens with zero attached hydrogens (tertiary/aromatic N) is 1. The Morgan fingerprint density at radius 2 is 1.41 bits per heavy atom. The summed E-state index contributed by atoms with van der Waals surface area (Å²) in [6, 6.07) is 0. The van der Waals surface area contributed by atoms with E-state index < -0.39 is 36.8 Å². The fourth-order valence-corrected chi connectivity index (χ4v) is 1.16. The summed E-state index contributed by atoms with van der Waals surface area (Å²) in [6.45, 7) is -0.816. The minimum Gasteiger partial charge on any atom is -0.481 e. The third-order valence-corrected chi connectivity index (χ3v) is 1.83. The van der Waals surface area contributed by atoms with E-state index in [1.165, 1.54) is 0 Å². The van der Waals surface area contributed by atoms with Crippen molar-refractivity contribution in [1.29, 1.82) is 0 Å². The molecular weight excluding hydrogens is 230 g/mol. The van der Waals surface area contributed by atoms with Crippen molar-refractivity contribution in [1.82, 2.24) is 4.90 Å². The molecule has 0 aliphatic heterocycles. The molecule has 0 aromatic carbocycles. The second kappa shape index (κ2) is 7.20. The average Bonchev–Trinajstić information content (AvgIpc) is 2.14. The van der Waals surface area contributed by atoms with Gasteiger partial charge in [-0.1, -0.05) is 0 Å². The van der Waals surface area contributed by atoms with Gasteiger partial charge >= 0.3 is 5.97 Å². The van der Waals surface area contributed by atoms with Crippen molar-refractivity contribution in [2.45, 2.75) is 19.3 Å². The maximum Gasteiger partial charge on any atom is 0.303 e. The number of carboxylic acids is 1. The lowest BCUT2D eigenvalue weighted by atomic mass is 10.2. The number of nitrogens with two attached hydrogens (primary N) is 2. The number of aliphatic carboxylic acids is 1. The third kappa shape index (κ3) is 7.77. The number of hydrogen-bond acceptors (Lipinski definition) is 4. The van der Waals surface area contributed by atoms with Crippen molar-refractivity contribution < 1.29 is 24.3 Å². The molecule has 0 aliphatic carbocycles. The first-order chi connectivity index (χ1) is 7.82. The quantitative estimate of drug-likeness (QED) is 0.454. The maximum absolute atomic E-state index is 11.5. The van der Waals surface area contributed by atoms with Crippen LogP contribution in [0.2, 0.25) is 0 Å². The van der Waals surface area contributed by atoms with Crippen LogP contribution in [-0.2, 0) is 19.2 Å². The predicted molar refractivity (Wildman–Crippen MR) is 56.5 cm³/mol. The zero-order chi connectivity index (χ0) is 13.4. The third-order valence-electron chi connectivity index (χ3n) is 1.83. The number of primary amides is 2. The standard InChI is InChI=1S/C9H15N3O5/c10-6(13)4-12(5-7(11)14)8(15)2-1-3-9(16)17/h1-5H2,(H2,10,13)(H2,11,14)(H,16,17). The summed E-state index contributed by atoms with van der Waals surface area (Å²) in [6.07, 6.45) is -0.109. The Morgan fingerprint density at radius 3 is 1.76 bits per heavy atom. The van der Waals surface area contributed by atoms with Crippen LogP contribution in [0.5, 0.6) is 0 Å². The predicted octanol–water partition coefficient (Wildman–Crippen LogP) is -1.96. The van der Waals surface area contributed by atoms with Gasteiger partial charge in [-0.2, -0.15) is 0 Å². The van der Waals surface area contributed by atoms with Crippen LogP contribution in [-0.4, -0.2) is 46.8 Å². The number of rotatable bonds is 8. The molecule has 0 aliphatic rings. The normalized spacial score (nSPS) is 9.65. The van der Waals surface area contributed by atoms with Crippen LogP contribution in [0.25, 0.3) is 0 Å². The van der Waals surface area contributed by atoms with E-state index in [4.69, 9.17) is 16.6 Å². The summed E-state index contributed by atoms with van der Waals surface area (Å²) >= 11 is 0. The number of amides is 3. The maximum atomic E-state index is 11.5. The van der Waals surface area contributed by atoms with E-state index in [2.05, 4.69) is 0 Å². The second-order valence-corrected chi connectivity index (χ2v) is 3.43. The van der Waals surface area contributed by atoms with E-state index in [0.717, 1.165) is 4.90 Å². The Kier molecular flexibility index (Phi) is 6.30. The Morgan fingerprint density at radius 1 is 0.941 bits per heavy atom. The van der Waals surface area contributed by atoms with E-state index >= 15 is 0 Å². The summed E-state index contributed by atoms with van der Waals surface area (Å²) in [5.41, 5.74) is 9.81. The van der Waals surface area contributed by atoms with Gasteiger partial charge in [0.2, 0.25) is 17.7 Å². The van der Waals surface area contributed by atoms with Crippen LogP contribution in [0, 0.1) is 0 Å². The molecule has 0 rings (SSSR count). The lowest BCUT2D eigenvalue weighted by molar-refractivity contribution is -0.139. The molecule has 8 nitrogen and oxygen atoms in total. The van der Waals surface area contributed by atoms with Crippen molar-refractivity contribution in [3.8, 4) is 0 Å². The van der Waals surface area contributed by atoms with Gasteiger partial charge in [-0.15, -0.1) is 0 Å². The van der Waals surface area contributed by atoms with Gasteiger partial charge in [-0.3, -0.25) is 19.2 Å². The molecule has 0 unspecified atom stereocenters. The Balaban J connectivity index is 4.26. The van der Waals surface area contributed by atoms with Gasteiger partial charge in [0, 0.05) is 12.8 Å². The fourth-order valence-electron chi connectivity index (χ4n) is 1.16. The fraction of sp³-hybridized carbons (Fsp3) is 0.556. The van der Waals surface area contributed by atoms with Gasteiger partial charge < -0.3 is 21.5 Å². The highest BCUT2D eigenvalue weighted by molar-refractivity contribution is 5.88. The first-order valence-corrected chi connectivity index (χ1v) is 4.89. The summed E-state index contributed by atoms with van der Waals surface area (Å²) < 4.78 is 0. The first kappa shape index (κ1) is 14.9. The van der Waals surface area contributed by atoms with Crippen molar-refractivity contribution in [3.63, 3.8) is 0 Å². The molecule has 0 saturated heterocycles. The minimum absolute atomic E-state index is 0.0765. The Labute approximate surface area is 97.5 Å². The lowest BCUT2D eigenvalue weighted by Crippen LogP contribution is -2.43. The van der Waals surface area contributed by atoms with E-state index in [0.29, 0.717) is 0 Å². The van der Waals surface area contributed by atoms with Crippen molar-refractivity contribution in [3.05, 3.63) is 0 Å². The minimum atomic E-state index is -1.02. The van der Waals surface area contributed by atoms with Gasteiger partial charge in [0.15, 0.2) is 0 Å². The first-order valence-electron chi connectivity index (χ1n) is 4.89. The zero-order valence-electron chi connectivity index (χ0n) is 9.22.